The lowest BCUT2D eigenvalue weighted by molar-refractivity contribution is -0.141. The highest BCUT2D eigenvalue weighted by molar-refractivity contribution is 5.70. The lowest BCUT2D eigenvalue weighted by Gasteiger charge is -2.10. The first-order valence-electron chi connectivity index (χ1n) is 5.68. The minimum Gasteiger partial charge on any atom is -0.493 e. The summed E-state index contributed by atoms with van der Waals surface area (Å²) in [6.07, 6.45) is 2.22. The second kappa shape index (κ2) is 4.56. The van der Waals surface area contributed by atoms with E-state index in [1.807, 2.05) is 19.1 Å². The molecule has 0 aromatic heterocycles. The van der Waals surface area contributed by atoms with Crippen LogP contribution in [0.3, 0.4) is 0 Å². The zero-order chi connectivity index (χ0) is 11.5. The van der Waals surface area contributed by atoms with Crippen molar-refractivity contribution in [2.45, 2.75) is 26.2 Å². The highest BCUT2D eigenvalue weighted by Crippen LogP contribution is 2.27. The fourth-order valence-corrected chi connectivity index (χ4v) is 2.06. The van der Waals surface area contributed by atoms with Gasteiger partial charge in [0.25, 0.3) is 0 Å². The molecule has 0 radical (unpaired) electrons. The molecule has 0 spiro atoms. The first-order chi connectivity index (χ1) is 7.70. The molecule has 0 unspecified atom stereocenters. The molecule has 0 saturated heterocycles. The van der Waals surface area contributed by atoms with Gasteiger partial charge in [-0.15, -0.1) is 0 Å². The number of carboxylic acids is 1. The Kier molecular flexibility index (Phi) is 3.13. The van der Waals surface area contributed by atoms with Crippen LogP contribution in [-0.4, -0.2) is 17.7 Å². The van der Waals surface area contributed by atoms with Crippen LogP contribution in [0.15, 0.2) is 18.2 Å². The third-order valence-corrected chi connectivity index (χ3v) is 3.08. The monoisotopic (exact) mass is 220 g/mol. The maximum absolute atomic E-state index is 10.9. The lowest BCUT2D eigenvalue weighted by Crippen LogP contribution is -2.15. The lowest BCUT2D eigenvalue weighted by atomic mass is 9.95. The molecule has 2 rings (SSSR count). The number of carboxylic acid groups (broad SMARTS) is 1. The predicted octanol–water partition coefficient (Wildman–Crippen LogP) is 2.27. The molecule has 86 valence electrons. The summed E-state index contributed by atoms with van der Waals surface area (Å²) in [5.41, 5.74) is 2.30. The molecule has 0 bridgehead atoms. The van der Waals surface area contributed by atoms with Crippen LogP contribution < -0.4 is 4.74 Å². The Bertz CT molecular complexity index is 398. The minimum absolute atomic E-state index is 0.277. The Balaban J connectivity index is 2.13. The molecule has 0 fully saturated rings. The number of carbonyl (C=O) groups is 1. The van der Waals surface area contributed by atoms with Gasteiger partial charge in [0.05, 0.1) is 12.5 Å². The fourth-order valence-electron chi connectivity index (χ4n) is 2.06. The molecule has 3 nitrogen and oxygen atoms in total. The van der Waals surface area contributed by atoms with Crippen molar-refractivity contribution in [3.63, 3.8) is 0 Å². The molecule has 1 heterocycles. The number of benzene rings is 1. The van der Waals surface area contributed by atoms with Crippen LogP contribution in [0.1, 0.15) is 24.5 Å². The third kappa shape index (κ3) is 2.18. The average molecular weight is 220 g/mol. The standard InChI is InChI=1S/C13H16O3/c1-2-10(13(14)15)7-9-3-4-12-11(8-9)5-6-16-12/h3-4,8,10H,2,5-7H2,1H3,(H,14,15)/t10-/m0/s1. The second-order valence-electron chi connectivity index (χ2n) is 4.19. The summed E-state index contributed by atoms with van der Waals surface area (Å²) in [5.74, 6) is -0.0354. The van der Waals surface area contributed by atoms with E-state index in [0.717, 1.165) is 24.3 Å². The molecule has 1 aliphatic heterocycles. The quantitative estimate of drug-likeness (QED) is 0.846. The molecule has 3 heteroatoms. The first-order valence-corrected chi connectivity index (χ1v) is 5.68. The Hall–Kier alpha value is -1.51. The van der Waals surface area contributed by atoms with Crippen molar-refractivity contribution in [2.24, 2.45) is 5.92 Å². The first kappa shape index (κ1) is 11.0. The second-order valence-corrected chi connectivity index (χ2v) is 4.19. The molecular weight excluding hydrogens is 204 g/mol. The van der Waals surface area contributed by atoms with Gasteiger partial charge in [0.2, 0.25) is 0 Å². The van der Waals surface area contributed by atoms with E-state index in [9.17, 15) is 4.79 Å². The Labute approximate surface area is 95.0 Å². The van der Waals surface area contributed by atoms with E-state index in [0.29, 0.717) is 12.8 Å². The van der Waals surface area contributed by atoms with Crippen LogP contribution in [0, 0.1) is 5.92 Å². The van der Waals surface area contributed by atoms with E-state index < -0.39 is 5.97 Å². The highest BCUT2D eigenvalue weighted by atomic mass is 16.5. The number of fused-ring (bicyclic) bond motifs is 1. The smallest absolute Gasteiger partial charge is 0.306 e. The summed E-state index contributed by atoms with van der Waals surface area (Å²) in [6.45, 7) is 2.66. The van der Waals surface area contributed by atoms with Crippen molar-refractivity contribution < 1.29 is 14.6 Å². The predicted molar refractivity (Wildman–Crippen MR) is 60.8 cm³/mol. The van der Waals surface area contributed by atoms with Gasteiger partial charge in [-0.05, 0) is 30.0 Å². The summed E-state index contributed by atoms with van der Waals surface area (Å²) in [5, 5.41) is 9.00. The molecule has 0 aliphatic carbocycles. The van der Waals surface area contributed by atoms with E-state index >= 15 is 0 Å². The van der Waals surface area contributed by atoms with Crippen molar-refractivity contribution in [1.82, 2.24) is 0 Å². The van der Waals surface area contributed by atoms with E-state index in [-0.39, 0.29) is 5.92 Å². The van der Waals surface area contributed by atoms with Gasteiger partial charge in [0.15, 0.2) is 0 Å². The van der Waals surface area contributed by atoms with Gasteiger partial charge in [-0.1, -0.05) is 19.1 Å². The van der Waals surface area contributed by atoms with Gasteiger partial charge in [-0.25, -0.2) is 0 Å². The molecule has 1 aromatic rings. The third-order valence-electron chi connectivity index (χ3n) is 3.08. The minimum atomic E-state index is -0.709. The Morgan fingerprint density at radius 3 is 3.06 bits per heavy atom. The maximum atomic E-state index is 10.9. The van der Waals surface area contributed by atoms with Crippen molar-refractivity contribution in [2.75, 3.05) is 6.61 Å². The molecule has 1 aliphatic rings. The summed E-state index contributed by atoms with van der Waals surface area (Å²) >= 11 is 0. The number of ether oxygens (including phenoxy) is 1. The topological polar surface area (TPSA) is 46.5 Å². The van der Waals surface area contributed by atoms with Crippen LogP contribution in [0.25, 0.3) is 0 Å². The van der Waals surface area contributed by atoms with E-state index in [1.165, 1.54) is 5.56 Å². The molecule has 1 N–H and O–H groups in total. The van der Waals surface area contributed by atoms with Gasteiger partial charge in [0, 0.05) is 6.42 Å². The molecule has 0 amide bonds. The van der Waals surface area contributed by atoms with Crippen LogP contribution in [0.2, 0.25) is 0 Å². The zero-order valence-corrected chi connectivity index (χ0v) is 9.40. The van der Waals surface area contributed by atoms with Gasteiger partial charge < -0.3 is 9.84 Å². The van der Waals surface area contributed by atoms with Gasteiger partial charge in [-0.3, -0.25) is 4.79 Å². The van der Waals surface area contributed by atoms with E-state index in [2.05, 4.69) is 6.07 Å². The zero-order valence-electron chi connectivity index (χ0n) is 9.40. The fraction of sp³-hybridized carbons (Fsp3) is 0.462. The van der Waals surface area contributed by atoms with Gasteiger partial charge in [-0.2, -0.15) is 0 Å². The highest BCUT2D eigenvalue weighted by Gasteiger charge is 2.17. The molecular formula is C13H16O3. The van der Waals surface area contributed by atoms with Crippen LogP contribution in [0.4, 0.5) is 0 Å². The van der Waals surface area contributed by atoms with Crippen LogP contribution in [0.5, 0.6) is 5.75 Å². The summed E-state index contributed by atoms with van der Waals surface area (Å²) < 4.78 is 5.42. The average Bonchev–Trinajstić information content (AvgIpc) is 2.72. The summed E-state index contributed by atoms with van der Waals surface area (Å²) in [4.78, 5) is 10.9. The van der Waals surface area contributed by atoms with Crippen LogP contribution in [-0.2, 0) is 17.6 Å². The number of hydrogen-bond donors (Lipinski definition) is 1. The maximum Gasteiger partial charge on any atom is 0.306 e. The van der Waals surface area contributed by atoms with Crippen molar-refractivity contribution in [1.29, 1.82) is 0 Å². The summed E-state index contributed by atoms with van der Waals surface area (Å²) in [6, 6.07) is 6.00. The molecule has 0 saturated carbocycles. The van der Waals surface area contributed by atoms with Crippen molar-refractivity contribution in [3.05, 3.63) is 29.3 Å². The van der Waals surface area contributed by atoms with Crippen molar-refractivity contribution >= 4 is 5.97 Å². The molecule has 16 heavy (non-hydrogen) atoms. The van der Waals surface area contributed by atoms with Crippen molar-refractivity contribution in [3.8, 4) is 5.75 Å². The van der Waals surface area contributed by atoms with E-state index in [1.54, 1.807) is 0 Å². The van der Waals surface area contributed by atoms with Crippen LogP contribution >= 0.6 is 0 Å². The number of aliphatic carboxylic acids is 1. The normalized spacial score (nSPS) is 15.3. The largest absolute Gasteiger partial charge is 0.493 e. The summed E-state index contributed by atoms with van der Waals surface area (Å²) in [7, 11) is 0. The SMILES string of the molecule is CC[C@@H](Cc1ccc2c(c1)CCO2)C(=O)O. The van der Waals surface area contributed by atoms with Gasteiger partial charge in [0.1, 0.15) is 5.75 Å². The Morgan fingerprint density at radius 1 is 1.56 bits per heavy atom. The Morgan fingerprint density at radius 2 is 2.38 bits per heavy atom. The van der Waals surface area contributed by atoms with E-state index in [4.69, 9.17) is 9.84 Å². The molecule has 1 aromatic carbocycles. The van der Waals surface area contributed by atoms with Gasteiger partial charge >= 0.3 is 5.97 Å². The number of rotatable bonds is 4. The molecule has 1 atom stereocenters. The number of hydrogen-bond acceptors (Lipinski definition) is 2.